The highest BCUT2D eigenvalue weighted by Gasteiger charge is 2.16. The van der Waals surface area contributed by atoms with Crippen LogP contribution in [-0.2, 0) is 6.42 Å². The van der Waals surface area contributed by atoms with Gasteiger partial charge in [-0.25, -0.2) is 0 Å². The minimum Gasteiger partial charge on any atom is -0.371 e. The van der Waals surface area contributed by atoms with Gasteiger partial charge in [-0.15, -0.1) is 0 Å². The first-order valence-electron chi connectivity index (χ1n) is 6.90. The predicted octanol–water partition coefficient (Wildman–Crippen LogP) is 3.37. The van der Waals surface area contributed by atoms with E-state index in [0.29, 0.717) is 12.0 Å². The smallest absolute Gasteiger partial charge is 0.0399 e. The van der Waals surface area contributed by atoms with Crippen LogP contribution < -0.4 is 10.6 Å². The van der Waals surface area contributed by atoms with Crippen LogP contribution in [0.4, 0.5) is 5.69 Å². The summed E-state index contributed by atoms with van der Waals surface area (Å²) >= 11 is 0. The molecule has 0 amide bonds. The highest BCUT2D eigenvalue weighted by atomic mass is 15.1. The van der Waals surface area contributed by atoms with E-state index in [1.165, 1.54) is 16.8 Å². The molecule has 0 heterocycles. The van der Waals surface area contributed by atoms with Crippen LogP contribution in [0.1, 0.15) is 38.8 Å². The van der Waals surface area contributed by atoms with E-state index < -0.39 is 0 Å². The van der Waals surface area contributed by atoms with Gasteiger partial charge >= 0.3 is 0 Å². The highest BCUT2D eigenvalue weighted by molar-refractivity contribution is 5.55. The average molecular weight is 248 g/mol. The van der Waals surface area contributed by atoms with Crippen LogP contribution in [0, 0.1) is 12.8 Å². The zero-order valence-electron chi connectivity index (χ0n) is 12.7. The standard InChI is InChI=1S/C16H28N2/c1-11(2)14(5)18(6)16-8-7-12(3)9-15(16)10-13(4)17/h7-9,11,13-14H,10,17H2,1-6H3. The van der Waals surface area contributed by atoms with E-state index in [1.807, 2.05) is 0 Å². The minimum absolute atomic E-state index is 0.202. The van der Waals surface area contributed by atoms with Crippen molar-refractivity contribution in [2.24, 2.45) is 11.7 Å². The molecule has 1 rings (SSSR count). The summed E-state index contributed by atoms with van der Waals surface area (Å²) in [5, 5.41) is 0. The number of benzene rings is 1. The lowest BCUT2D eigenvalue weighted by Crippen LogP contribution is -2.34. The Morgan fingerprint density at radius 1 is 1.17 bits per heavy atom. The van der Waals surface area contributed by atoms with Crippen molar-refractivity contribution in [2.45, 2.75) is 53.1 Å². The number of nitrogens with two attached hydrogens (primary N) is 1. The molecular formula is C16H28N2. The number of aryl methyl sites for hydroxylation is 1. The molecular weight excluding hydrogens is 220 g/mol. The molecule has 0 saturated heterocycles. The number of rotatable bonds is 5. The molecule has 2 N–H and O–H groups in total. The van der Waals surface area contributed by atoms with Crippen LogP contribution in [0.5, 0.6) is 0 Å². The third-order valence-electron chi connectivity index (χ3n) is 3.73. The molecule has 0 radical (unpaired) electrons. The van der Waals surface area contributed by atoms with Gasteiger partial charge in [0.2, 0.25) is 0 Å². The second-order valence-corrected chi connectivity index (χ2v) is 5.91. The Bertz CT molecular complexity index is 383. The third kappa shape index (κ3) is 3.74. The fourth-order valence-electron chi connectivity index (χ4n) is 2.24. The fourth-order valence-corrected chi connectivity index (χ4v) is 2.24. The van der Waals surface area contributed by atoms with Gasteiger partial charge in [-0.05, 0) is 44.7 Å². The Morgan fingerprint density at radius 2 is 1.78 bits per heavy atom. The van der Waals surface area contributed by atoms with E-state index in [0.717, 1.165) is 6.42 Å². The summed E-state index contributed by atoms with van der Waals surface area (Å²) in [6, 6.07) is 7.41. The summed E-state index contributed by atoms with van der Waals surface area (Å²) in [4.78, 5) is 2.38. The second kappa shape index (κ2) is 6.24. The van der Waals surface area contributed by atoms with E-state index in [-0.39, 0.29) is 6.04 Å². The minimum atomic E-state index is 0.202. The Kier molecular flexibility index (Phi) is 5.21. The number of hydrogen-bond donors (Lipinski definition) is 1. The number of anilines is 1. The van der Waals surface area contributed by atoms with E-state index >= 15 is 0 Å². The van der Waals surface area contributed by atoms with Crippen molar-refractivity contribution in [3.8, 4) is 0 Å². The van der Waals surface area contributed by atoms with Crippen LogP contribution in [0.3, 0.4) is 0 Å². The zero-order valence-corrected chi connectivity index (χ0v) is 12.7. The molecule has 1 aromatic rings. The molecule has 0 saturated carbocycles. The Balaban J connectivity index is 3.06. The lowest BCUT2D eigenvalue weighted by atomic mass is 9.99. The van der Waals surface area contributed by atoms with Crippen molar-refractivity contribution in [1.29, 1.82) is 0 Å². The van der Waals surface area contributed by atoms with Gasteiger partial charge in [0.25, 0.3) is 0 Å². The van der Waals surface area contributed by atoms with Gasteiger partial charge in [-0.1, -0.05) is 31.5 Å². The molecule has 2 unspecified atom stereocenters. The van der Waals surface area contributed by atoms with Crippen LogP contribution in [0.25, 0.3) is 0 Å². The molecule has 102 valence electrons. The third-order valence-corrected chi connectivity index (χ3v) is 3.73. The molecule has 0 bridgehead atoms. The maximum Gasteiger partial charge on any atom is 0.0399 e. The summed E-state index contributed by atoms with van der Waals surface area (Å²) < 4.78 is 0. The van der Waals surface area contributed by atoms with Crippen LogP contribution in [-0.4, -0.2) is 19.1 Å². The average Bonchev–Trinajstić information content (AvgIpc) is 2.26. The van der Waals surface area contributed by atoms with E-state index in [9.17, 15) is 0 Å². The first-order chi connectivity index (χ1) is 8.32. The predicted molar refractivity (Wildman–Crippen MR) is 81.2 cm³/mol. The summed E-state index contributed by atoms with van der Waals surface area (Å²) in [6.45, 7) is 11.0. The van der Waals surface area contributed by atoms with Gasteiger partial charge in [0.05, 0.1) is 0 Å². The summed E-state index contributed by atoms with van der Waals surface area (Å²) in [6.07, 6.45) is 0.937. The normalized spacial score (nSPS) is 14.7. The summed E-state index contributed by atoms with van der Waals surface area (Å²) in [7, 11) is 2.18. The topological polar surface area (TPSA) is 29.3 Å². The Labute approximate surface area is 112 Å². The first kappa shape index (κ1) is 15.0. The van der Waals surface area contributed by atoms with Crippen molar-refractivity contribution in [3.63, 3.8) is 0 Å². The SMILES string of the molecule is Cc1ccc(N(C)C(C)C(C)C)c(CC(C)N)c1. The molecule has 0 fully saturated rings. The highest BCUT2D eigenvalue weighted by Crippen LogP contribution is 2.25. The van der Waals surface area contributed by atoms with Crippen LogP contribution in [0.2, 0.25) is 0 Å². The van der Waals surface area contributed by atoms with E-state index in [4.69, 9.17) is 5.73 Å². The fraction of sp³-hybridized carbons (Fsp3) is 0.625. The molecule has 0 aliphatic rings. The summed E-state index contributed by atoms with van der Waals surface area (Å²) in [5.41, 5.74) is 9.95. The monoisotopic (exact) mass is 248 g/mol. The van der Waals surface area contributed by atoms with Crippen LogP contribution >= 0.6 is 0 Å². The largest absolute Gasteiger partial charge is 0.371 e. The molecule has 1 aromatic carbocycles. The maximum absolute atomic E-state index is 5.96. The second-order valence-electron chi connectivity index (χ2n) is 5.91. The Morgan fingerprint density at radius 3 is 2.28 bits per heavy atom. The molecule has 2 nitrogen and oxygen atoms in total. The van der Waals surface area contributed by atoms with Crippen LogP contribution in [0.15, 0.2) is 18.2 Å². The quantitative estimate of drug-likeness (QED) is 0.865. The summed E-state index contributed by atoms with van der Waals surface area (Å²) in [5.74, 6) is 0.638. The molecule has 0 spiro atoms. The molecule has 0 aromatic heterocycles. The van der Waals surface area contributed by atoms with E-state index in [2.05, 4.69) is 64.8 Å². The van der Waals surface area contributed by atoms with Gasteiger partial charge in [0.15, 0.2) is 0 Å². The van der Waals surface area contributed by atoms with Gasteiger partial charge < -0.3 is 10.6 Å². The van der Waals surface area contributed by atoms with Crippen molar-refractivity contribution in [1.82, 2.24) is 0 Å². The van der Waals surface area contributed by atoms with Crippen molar-refractivity contribution >= 4 is 5.69 Å². The van der Waals surface area contributed by atoms with Gasteiger partial charge in [-0.3, -0.25) is 0 Å². The van der Waals surface area contributed by atoms with Crippen molar-refractivity contribution < 1.29 is 0 Å². The first-order valence-corrected chi connectivity index (χ1v) is 6.90. The molecule has 18 heavy (non-hydrogen) atoms. The van der Waals surface area contributed by atoms with Gasteiger partial charge in [-0.2, -0.15) is 0 Å². The van der Waals surface area contributed by atoms with Gasteiger partial charge in [0.1, 0.15) is 0 Å². The molecule has 0 aliphatic carbocycles. The maximum atomic E-state index is 5.96. The van der Waals surface area contributed by atoms with Crippen molar-refractivity contribution in [3.05, 3.63) is 29.3 Å². The molecule has 2 atom stereocenters. The number of hydrogen-bond acceptors (Lipinski definition) is 2. The van der Waals surface area contributed by atoms with Crippen molar-refractivity contribution in [2.75, 3.05) is 11.9 Å². The van der Waals surface area contributed by atoms with E-state index in [1.54, 1.807) is 0 Å². The number of nitrogens with zero attached hydrogens (tertiary/aromatic N) is 1. The zero-order chi connectivity index (χ0) is 13.9. The lowest BCUT2D eigenvalue weighted by molar-refractivity contribution is 0.504. The Hall–Kier alpha value is -1.02. The molecule has 2 heteroatoms. The molecule has 0 aliphatic heterocycles. The van der Waals surface area contributed by atoms with Gasteiger partial charge in [0, 0.05) is 24.8 Å². The lowest BCUT2D eigenvalue weighted by Gasteiger charge is -2.32.